The predicted molar refractivity (Wildman–Crippen MR) is 93.0 cm³/mol. The number of carbonyl (C=O) groups excluding carboxylic acids is 1. The third-order valence-corrected chi connectivity index (χ3v) is 3.08. The van der Waals surface area contributed by atoms with Crippen molar-refractivity contribution in [3.8, 4) is 0 Å². The summed E-state index contributed by atoms with van der Waals surface area (Å²) in [4.78, 5) is 20.5. The zero-order valence-electron chi connectivity index (χ0n) is 13.7. The highest BCUT2D eigenvalue weighted by molar-refractivity contribution is 5.67. The summed E-state index contributed by atoms with van der Waals surface area (Å²) < 4.78 is 5.14. The Labute approximate surface area is 146 Å². The van der Waals surface area contributed by atoms with E-state index in [1.165, 1.54) is 0 Å². The number of hydrogen-bond donors (Lipinski definition) is 4. The highest BCUT2D eigenvalue weighted by Gasteiger charge is 2.12. The number of carboxylic acid groups (broad SMARTS) is 1. The van der Waals surface area contributed by atoms with Gasteiger partial charge in [0.2, 0.25) is 0 Å². The number of aliphatic hydroxyl groups excluding tert-OH is 1. The van der Waals surface area contributed by atoms with E-state index in [9.17, 15) is 9.90 Å². The fourth-order valence-corrected chi connectivity index (χ4v) is 1.99. The molecule has 1 atom stereocenters. The molecule has 5 N–H and O–H groups in total. The van der Waals surface area contributed by atoms with E-state index in [1.807, 2.05) is 60.7 Å². The maximum Gasteiger partial charge on any atom is 0.407 e. The van der Waals surface area contributed by atoms with Crippen LogP contribution in [0.5, 0.6) is 0 Å². The summed E-state index contributed by atoms with van der Waals surface area (Å²) >= 11 is 0. The molecular weight excluding hydrogens is 324 g/mol. The maximum atomic E-state index is 11.7. The average molecular weight is 346 g/mol. The van der Waals surface area contributed by atoms with Crippen LogP contribution in [0.4, 0.5) is 9.59 Å². The summed E-state index contributed by atoms with van der Waals surface area (Å²) in [6, 6.07) is 18.8. The van der Waals surface area contributed by atoms with Crippen LogP contribution in [0, 0.1) is 0 Å². The van der Waals surface area contributed by atoms with Crippen LogP contribution in [0.15, 0.2) is 60.7 Å². The molecule has 2 rings (SSSR count). The van der Waals surface area contributed by atoms with E-state index >= 15 is 0 Å². The maximum absolute atomic E-state index is 11.7. The van der Waals surface area contributed by atoms with E-state index in [0.29, 0.717) is 6.42 Å². The fraction of sp³-hybridized carbons (Fsp3) is 0.222. The first-order valence-electron chi connectivity index (χ1n) is 7.61. The summed E-state index contributed by atoms with van der Waals surface area (Å²) in [6.07, 6.45) is -1.29. The average Bonchev–Trinajstić information content (AvgIpc) is 2.61. The lowest BCUT2D eigenvalue weighted by Crippen LogP contribution is -2.39. The summed E-state index contributed by atoms with van der Waals surface area (Å²) in [5, 5.41) is 19.2. The van der Waals surface area contributed by atoms with Crippen molar-refractivity contribution in [2.45, 2.75) is 19.1 Å². The first kappa shape index (κ1) is 20.0. The van der Waals surface area contributed by atoms with Crippen LogP contribution >= 0.6 is 0 Å². The van der Waals surface area contributed by atoms with Crippen LogP contribution in [0.25, 0.3) is 0 Å². The molecule has 0 saturated carbocycles. The normalized spacial score (nSPS) is 10.8. The van der Waals surface area contributed by atoms with E-state index in [-0.39, 0.29) is 19.3 Å². The van der Waals surface area contributed by atoms with Gasteiger partial charge < -0.3 is 26.0 Å². The molecule has 0 aromatic heterocycles. The van der Waals surface area contributed by atoms with Gasteiger partial charge in [-0.25, -0.2) is 9.59 Å². The minimum absolute atomic E-state index is 0.130. The molecule has 2 aromatic carbocycles. The van der Waals surface area contributed by atoms with Gasteiger partial charge in [-0.15, -0.1) is 0 Å². The Morgan fingerprint density at radius 1 is 1.00 bits per heavy atom. The Hall–Kier alpha value is -3.06. The zero-order chi connectivity index (χ0) is 18.5. The highest BCUT2D eigenvalue weighted by Crippen LogP contribution is 2.04. The Balaban J connectivity index is 0.000000705. The second-order valence-electron chi connectivity index (χ2n) is 5.11. The van der Waals surface area contributed by atoms with Crippen molar-refractivity contribution in [3.63, 3.8) is 0 Å². The Morgan fingerprint density at radius 2 is 1.48 bits per heavy atom. The Kier molecular flexibility index (Phi) is 9.17. The Morgan fingerprint density at radius 3 is 1.96 bits per heavy atom. The fourth-order valence-electron chi connectivity index (χ4n) is 1.99. The van der Waals surface area contributed by atoms with Crippen LogP contribution < -0.4 is 11.1 Å². The predicted octanol–water partition coefficient (Wildman–Crippen LogP) is 2.14. The molecular formula is C18H22N2O5. The van der Waals surface area contributed by atoms with Crippen LogP contribution in [-0.4, -0.2) is 35.0 Å². The molecule has 0 heterocycles. The number of primary amides is 1. The largest absolute Gasteiger partial charge is 0.465 e. The summed E-state index contributed by atoms with van der Waals surface area (Å²) in [7, 11) is 0. The van der Waals surface area contributed by atoms with Gasteiger partial charge in [0, 0.05) is 0 Å². The molecule has 0 saturated heterocycles. The second-order valence-corrected chi connectivity index (χ2v) is 5.11. The second kappa shape index (κ2) is 11.5. The molecule has 0 spiro atoms. The number of amides is 2. The Bertz CT molecular complexity index is 630. The number of ether oxygens (including phenoxy) is 1. The van der Waals surface area contributed by atoms with Crippen molar-refractivity contribution < 1.29 is 24.5 Å². The van der Waals surface area contributed by atoms with E-state index in [4.69, 9.17) is 14.6 Å². The third kappa shape index (κ3) is 9.62. The molecule has 0 unspecified atom stereocenters. The van der Waals surface area contributed by atoms with Crippen LogP contribution in [0.3, 0.4) is 0 Å². The molecule has 0 radical (unpaired) electrons. The lowest BCUT2D eigenvalue weighted by atomic mass is 10.1. The van der Waals surface area contributed by atoms with Gasteiger partial charge in [0.25, 0.3) is 0 Å². The summed E-state index contributed by atoms with van der Waals surface area (Å²) in [6.45, 7) is 0.0888. The molecule has 0 aliphatic rings. The number of rotatable bonds is 6. The van der Waals surface area contributed by atoms with Gasteiger partial charge >= 0.3 is 12.2 Å². The number of nitrogens with two attached hydrogens (primary N) is 1. The lowest BCUT2D eigenvalue weighted by molar-refractivity contribution is 0.129. The molecule has 0 aliphatic heterocycles. The van der Waals surface area contributed by atoms with Crippen molar-refractivity contribution in [1.82, 2.24) is 5.32 Å². The smallest absolute Gasteiger partial charge is 0.407 e. The summed E-state index contributed by atoms with van der Waals surface area (Å²) in [5.41, 5.74) is 6.01. The van der Waals surface area contributed by atoms with Crippen molar-refractivity contribution in [2.75, 3.05) is 6.61 Å². The van der Waals surface area contributed by atoms with E-state index in [2.05, 4.69) is 11.1 Å². The number of nitrogens with one attached hydrogen (secondary N) is 1. The number of carbonyl (C=O) groups is 2. The SMILES string of the molecule is NC(=O)O.O=C(N[C@H](CO)Cc1ccccc1)OCc1ccccc1. The molecule has 7 heteroatoms. The molecule has 25 heavy (non-hydrogen) atoms. The monoisotopic (exact) mass is 346 g/mol. The lowest BCUT2D eigenvalue weighted by Gasteiger charge is -2.16. The molecule has 2 amide bonds. The molecule has 0 fully saturated rings. The zero-order valence-corrected chi connectivity index (χ0v) is 13.7. The van der Waals surface area contributed by atoms with Crippen molar-refractivity contribution >= 4 is 12.2 Å². The number of benzene rings is 2. The quantitative estimate of drug-likeness (QED) is 0.638. The highest BCUT2D eigenvalue weighted by atomic mass is 16.5. The molecule has 7 nitrogen and oxygen atoms in total. The molecule has 0 aliphatic carbocycles. The van der Waals surface area contributed by atoms with Crippen molar-refractivity contribution in [3.05, 3.63) is 71.8 Å². The third-order valence-electron chi connectivity index (χ3n) is 3.08. The van der Waals surface area contributed by atoms with Crippen molar-refractivity contribution in [1.29, 1.82) is 0 Å². The molecule has 0 bridgehead atoms. The van der Waals surface area contributed by atoms with Gasteiger partial charge in [-0.2, -0.15) is 0 Å². The number of hydrogen-bond acceptors (Lipinski definition) is 4. The first-order chi connectivity index (χ1) is 12.0. The van der Waals surface area contributed by atoms with Gasteiger partial charge in [0.1, 0.15) is 6.61 Å². The van der Waals surface area contributed by atoms with E-state index in [0.717, 1.165) is 11.1 Å². The topological polar surface area (TPSA) is 122 Å². The van der Waals surface area contributed by atoms with Crippen molar-refractivity contribution in [2.24, 2.45) is 5.73 Å². The minimum atomic E-state index is -1.33. The van der Waals surface area contributed by atoms with Crippen LogP contribution in [0.2, 0.25) is 0 Å². The summed E-state index contributed by atoms with van der Waals surface area (Å²) in [5.74, 6) is 0. The number of aliphatic hydroxyl groups is 1. The number of alkyl carbamates (subject to hydrolysis) is 1. The van der Waals surface area contributed by atoms with Crippen LogP contribution in [-0.2, 0) is 17.8 Å². The van der Waals surface area contributed by atoms with Gasteiger partial charge in [-0.1, -0.05) is 60.7 Å². The standard InChI is InChI=1S/C17H19NO3.CH3NO2/c19-12-16(11-14-7-3-1-4-8-14)18-17(20)21-13-15-9-5-2-6-10-15;2-1(3)4/h1-10,16,19H,11-13H2,(H,18,20);2H2,(H,3,4)/t16-;/m0./s1. The first-order valence-corrected chi connectivity index (χ1v) is 7.61. The molecule has 2 aromatic rings. The van der Waals surface area contributed by atoms with Gasteiger partial charge in [0.05, 0.1) is 12.6 Å². The van der Waals surface area contributed by atoms with Gasteiger partial charge in [-0.3, -0.25) is 0 Å². The van der Waals surface area contributed by atoms with E-state index in [1.54, 1.807) is 0 Å². The molecule has 134 valence electrons. The van der Waals surface area contributed by atoms with Crippen LogP contribution in [0.1, 0.15) is 11.1 Å². The van der Waals surface area contributed by atoms with Gasteiger partial charge in [0.15, 0.2) is 0 Å². The van der Waals surface area contributed by atoms with Gasteiger partial charge in [-0.05, 0) is 17.5 Å². The minimum Gasteiger partial charge on any atom is -0.465 e. The van der Waals surface area contributed by atoms with E-state index < -0.39 is 12.2 Å².